The molecule has 0 spiro atoms. The Balaban J connectivity index is 2.08. The Morgan fingerprint density at radius 2 is 1.68 bits per heavy atom. The number of aryl methyl sites for hydroxylation is 1. The zero-order chi connectivity index (χ0) is 13.7. The van der Waals surface area contributed by atoms with Crippen molar-refractivity contribution in [1.29, 1.82) is 0 Å². The van der Waals surface area contributed by atoms with Gasteiger partial charge in [0.15, 0.2) is 0 Å². The summed E-state index contributed by atoms with van der Waals surface area (Å²) in [4.78, 5) is 11.6. The molecule has 0 heterocycles. The van der Waals surface area contributed by atoms with Gasteiger partial charge in [-0.15, -0.1) is 0 Å². The van der Waals surface area contributed by atoms with Crippen LogP contribution >= 0.6 is 0 Å². The number of carbonyl (C=O) groups is 1. The lowest BCUT2D eigenvalue weighted by atomic mass is 10.1. The van der Waals surface area contributed by atoms with Crippen LogP contribution in [0.4, 0.5) is 10.1 Å². The molecule has 0 unspecified atom stereocenters. The van der Waals surface area contributed by atoms with Crippen molar-refractivity contribution in [2.24, 2.45) is 0 Å². The number of para-hydroxylation sites is 1. The molecule has 3 heteroatoms. The minimum absolute atomic E-state index is 0.397. The monoisotopic (exact) mass is 255 g/mol. The average molecular weight is 255 g/mol. The normalized spacial score (nSPS) is 11.2. The second-order valence-corrected chi connectivity index (χ2v) is 4.21. The molecule has 0 aromatic heterocycles. The third-order valence-corrected chi connectivity index (χ3v) is 2.63. The molecule has 0 radical (unpaired) electrons. The Kier molecular flexibility index (Phi) is 4.08. The first kappa shape index (κ1) is 13.0. The van der Waals surface area contributed by atoms with Crippen LogP contribution in [0.3, 0.4) is 0 Å². The molecule has 0 aliphatic carbocycles. The molecule has 0 aliphatic heterocycles. The van der Waals surface area contributed by atoms with E-state index in [1.54, 1.807) is 48.5 Å². The highest BCUT2D eigenvalue weighted by Gasteiger charge is 2.04. The van der Waals surface area contributed by atoms with Gasteiger partial charge >= 0.3 is 0 Å². The molecule has 0 fully saturated rings. The van der Waals surface area contributed by atoms with Crippen LogP contribution in [-0.2, 0) is 4.79 Å². The van der Waals surface area contributed by atoms with Crippen LogP contribution in [0.2, 0.25) is 0 Å². The van der Waals surface area contributed by atoms with Crippen molar-refractivity contribution in [2.45, 2.75) is 6.92 Å². The van der Waals surface area contributed by atoms with E-state index >= 15 is 0 Å². The second kappa shape index (κ2) is 5.96. The lowest BCUT2D eigenvalue weighted by molar-refractivity contribution is -0.111. The predicted molar refractivity (Wildman–Crippen MR) is 75.3 cm³/mol. The van der Waals surface area contributed by atoms with Gasteiger partial charge in [-0.2, -0.15) is 0 Å². The van der Waals surface area contributed by atoms with Gasteiger partial charge in [0.05, 0.1) is 0 Å². The number of rotatable bonds is 3. The number of hydrogen-bond acceptors (Lipinski definition) is 1. The minimum Gasteiger partial charge on any atom is -0.322 e. The summed E-state index contributed by atoms with van der Waals surface area (Å²) in [6, 6.07) is 15.8. The van der Waals surface area contributed by atoms with Crippen LogP contribution in [-0.4, -0.2) is 5.91 Å². The standard InChI is InChI=1S/C16H14FNO/c1-12-7-9-13(10-8-12)15(17)11-16(19)18-14-5-3-2-4-6-14/h2-11H,1H3,(H,18,19). The van der Waals surface area contributed by atoms with E-state index in [2.05, 4.69) is 5.32 Å². The summed E-state index contributed by atoms with van der Waals surface area (Å²) >= 11 is 0. The van der Waals surface area contributed by atoms with E-state index in [1.807, 2.05) is 13.0 Å². The molecule has 19 heavy (non-hydrogen) atoms. The fourth-order valence-electron chi connectivity index (χ4n) is 1.61. The van der Waals surface area contributed by atoms with Crippen molar-refractivity contribution in [2.75, 3.05) is 5.32 Å². The lowest BCUT2D eigenvalue weighted by Gasteiger charge is -2.02. The molecule has 0 bridgehead atoms. The second-order valence-electron chi connectivity index (χ2n) is 4.21. The summed E-state index contributed by atoms with van der Waals surface area (Å²) in [7, 11) is 0. The zero-order valence-corrected chi connectivity index (χ0v) is 10.6. The molecule has 0 saturated heterocycles. The summed E-state index contributed by atoms with van der Waals surface area (Å²) < 4.78 is 13.8. The van der Waals surface area contributed by atoms with Gasteiger partial charge in [0.1, 0.15) is 5.83 Å². The van der Waals surface area contributed by atoms with E-state index in [4.69, 9.17) is 0 Å². The van der Waals surface area contributed by atoms with Gasteiger partial charge in [0, 0.05) is 17.3 Å². The first-order chi connectivity index (χ1) is 9.15. The highest BCUT2D eigenvalue weighted by Crippen LogP contribution is 2.16. The average Bonchev–Trinajstić information content (AvgIpc) is 2.40. The fraction of sp³-hybridized carbons (Fsp3) is 0.0625. The Bertz CT molecular complexity index is 588. The Labute approximate surface area is 111 Å². The summed E-state index contributed by atoms with van der Waals surface area (Å²) in [5.74, 6) is -1.03. The molecule has 2 aromatic rings. The lowest BCUT2D eigenvalue weighted by Crippen LogP contribution is -2.08. The molecule has 96 valence electrons. The number of halogens is 1. The number of nitrogens with one attached hydrogen (secondary N) is 1. The van der Waals surface area contributed by atoms with Crippen molar-refractivity contribution in [3.8, 4) is 0 Å². The zero-order valence-electron chi connectivity index (χ0n) is 10.6. The van der Waals surface area contributed by atoms with Crippen molar-refractivity contribution in [3.63, 3.8) is 0 Å². The van der Waals surface area contributed by atoms with Crippen molar-refractivity contribution >= 4 is 17.4 Å². The quantitative estimate of drug-likeness (QED) is 0.827. The Morgan fingerprint density at radius 3 is 2.32 bits per heavy atom. The van der Waals surface area contributed by atoms with Gasteiger partial charge in [-0.3, -0.25) is 4.79 Å². The first-order valence-corrected chi connectivity index (χ1v) is 5.95. The fourth-order valence-corrected chi connectivity index (χ4v) is 1.61. The summed E-state index contributed by atoms with van der Waals surface area (Å²) in [6.45, 7) is 1.92. The van der Waals surface area contributed by atoms with E-state index in [0.29, 0.717) is 11.3 Å². The number of carbonyl (C=O) groups excluding carboxylic acids is 1. The van der Waals surface area contributed by atoms with Gasteiger partial charge in [-0.25, -0.2) is 4.39 Å². The number of hydrogen-bond donors (Lipinski definition) is 1. The van der Waals surface area contributed by atoms with Crippen LogP contribution in [0.15, 0.2) is 60.7 Å². The molecule has 0 aliphatic rings. The van der Waals surface area contributed by atoms with Gasteiger partial charge in [-0.05, 0) is 19.1 Å². The first-order valence-electron chi connectivity index (χ1n) is 5.95. The van der Waals surface area contributed by atoms with Crippen LogP contribution in [0.1, 0.15) is 11.1 Å². The van der Waals surface area contributed by atoms with E-state index in [9.17, 15) is 9.18 Å². The van der Waals surface area contributed by atoms with E-state index in [-0.39, 0.29) is 0 Å². The van der Waals surface area contributed by atoms with Gasteiger partial charge in [0.2, 0.25) is 0 Å². The summed E-state index contributed by atoms with van der Waals surface area (Å²) in [5.41, 5.74) is 2.08. The maximum atomic E-state index is 13.8. The van der Waals surface area contributed by atoms with Crippen LogP contribution in [0.5, 0.6) is 0 Å². The highest BCUT2D eigenvalue weighted by molar-refractivity contribution is 6.03. The van der Waals surface area contributed by atoms with Crippen LogP contribution in [0.25, 0.3) is 5.83 Å². The third kappa shape index (κ3) is 3.78. The SMILES string of the molecule is Cc1ccc(C(F)=CC(=O)Nc2ccccc2)cc1. The van der Waals surface area contributed by atoms with Crippen molar-refractivity contribution in [3.05, 3.63) is 71.8 Å². The number of amides is 1. The maximum absolute atomic E-state index is 13.8. The molecule has 1 N–H and O–H groups in total. The molecular weight excluding hydrogens is 241 g/mol. The topological polar surface area (TPSA) is 29.1 Å². The van der Waals surface area contributed by atoms with E-state index < -0.39 is 11.7 Å². The third-order valence-electron chi connectivity index (χ3n) is 2.63. The predicted octanol–water partition coefficient (Wildman–Crippen LogP) is 3.94. The van der Waals surface area contributed by atoms with E-state index in [1.165, 1.54) is 0 Å². The Morgan fingerprint density at radius 1 is 1.05 bits per heavy atom. The Hall–Kier alpha value is -2.42. The van der Waals surface area contributed by atoms with Crippen molar-refractivity contribution in [1.82, 2.24) is 0 Å². The van der Waals surface area contributed by atoms with Gasteiger partial charge in [0.25, 0.3) is 5.91 Å². The van der Waals surface area contributed by atoms with Gasteiger partial charge < -0.3 is 5.32 Å². The molecule has 2 rings (SSSR count). The number of anilines is 1. The molecule has 0 saturated carbocycles. The molecule has 2 nitrogen and oxygen atoms in total. The smallest absolute Gasteiger partial charge is 0.251 e. The van der Waals surface area contributed by atoms with Crippen molar-refractivity contribution < 1.29 is 9.18 Å². The maximum Gasteiger partial charge on any atom is 0.251 e. The van der Waals surface area contributed by atoms with Crippen LogP contribution < -0.4 is 5.32 Å². The summed E-state index contributed by atoms with van der Waals surface area (Å²) in [6.07, 6.45) is 0.956. The molecular formula is C16H14FNO. The highest BCUT2D eigenvalue weighted by atomic mass is 19.1. The minimum atomic E-state index is -0.548. The molecule has 0 atom stereocenters. The number of benzene rings is 2. The van der Waals surface area contributed by atoms with E-state index in [0.717, 1.165) is 11.6 Å². The largest absolute Gasteiger partial charge is 0.322 e. The van der Waals surface area contributed by atoms with Gasteiger partial charge in [-0.1, -0.05) is 48.0 Å². The summed E-state index contributed by atoms with van der Waals surface area (Å²) in [5, 5.41) is 2.60. The molecule has 2 aromatic carbocycles. The molecule has 1 amide bonds. The van der Waals surface area contributed by atoms with Crippen LogP contribution in [0, 0.1) is 6.92 Å².